The first kappa shape index (κ1) is 18.6. The highest BCUT2D eigenvalue weighted by Gasteiger charge is 2.27. The van der Waals surface area contributed by atoms with Crippen molar-refractivity contribution in [3.8, 4) is 6.07 Å². The summed E-state index contributed by atoms with van der Waals surface area (Å²) in [6.45, 7) is 7.01. The molecule has 130 valence electrons. The van der Waals surface area contributed by atoms with Crippen molar-refractivity contribution in [3.63, 3.8) is 0 Å². The van der Waals surface area contributed by atoms with Gasteiger partial charge in [0.05, 0.1) is 11.3 Å². The number of rotatable bonds is 2. The summed E-state index contributed by atoms with van der Waals surface area (Å²) in [4.78, 5) is 13.9. The topological polar surface area (TPSA) is 79.3 Å². The van der Waals surface area contributed by atoms with E-state index in [2.05, 4.69) is 22.0 Å². The van der Waals surface area contributed by atoms with E-state index < -0.39 is 5.60 Å². The summed E-state index contributed by atoms with van der Waals surface area (Å²) < 4.78 is 6.29. The average Bonchev–Trinajstić information content (AvgIpc) is 2.49. The van der Waals surface area contributed by atoms with Crippen LogP contribution < -0.4 is 5.73 Å². The van der Waals surface area contributed by atoms with Gasteiger partial charge in [-0.15, -0.1) is 0 Å². The Balaban J connectivity index is 1.96. The van der Waals surface area contributed by atoms with Crippen molar-refractivity contribution in [2.45, 2.75) is 45.6 Å². The van der Waals surface area contributed by atoms with Gasteiger partial charge in [-0.05, 0) is 63.6 Å². The van der Waals surface area contributed by atoms with Gasteiger partial charge in [-0.2, -0.15) is 5.26 Å². The van der Waals surface area contributed by atoms with E-state index in [-0.39, 0.29) is 6.09 Å². The Hall–Kier alpha value is -1.74. The van der Waals surface area contributed by atoms with E-state index >= 15 is 0 Å². The Morgan fingerprint density at radius 1 is 1.42 bits per heavy atom. The van der Waals surface area contributed by atoms with E-state index in [0.717, 1.165) is 29.3 Å². The van der Waals surface area contributed by atoms with Gasteiger partial charge < -0.3 is 15.4 Å². The fraction of sp³-hybridized carbons (Fsp3) is 0.556. The van der Waals surface area contributed by atoms with Gasteiger partial charge in [-0.1, -0.05) is 15.9 Å². The zero-order valence-corrected chi connectivity index (χ0v) is 16.0. The number of likely N-dealkylation sites (tertiary alicyclic amines) is 1. The molecule has 0 aromatic heterocycles. The van der Waals surface area contributed by atoms with Crippen LogP contribution in [0.15, 0.2) is 16.6 Å². The van der Waals surface area contributed by atoms with E-state index in [0.29, 0.717) is 30.3 Å². The first-order valence-electron chi connectivity index (χ1n) is 8.15. The molecule has 1 amide bonds. The molecule has 1 aliphatic heterocycles. The maximum Gasteiger partial charge on any atom is 0.410 e. The first-order chi connectivity index (χ1) is 11.2. The van der Waals surface area contributed by atoms with Crippen LogP contribution >= 0.6 is 15.9 Å². The summed E-state index contributed by atoms with van der Waals surface area (Å²) in [5.41, 5.74) is 7.70. The van der Waals surface area contributed by atoms with Crippen LogP contribution in [-0.2, 0) is 11.2 Å². The number of halogens is 1. The Kier molecular flexibility index (Phi) is 5.76. The van der Waals surface area contributed by atoms with Gasteiger partial charge in [-0.25, -0.2) is 4.79 Å². The van der Waals surface area contributed by atoms with Crippen molar-refractivity contribution in [3.05, 3.63) is 27.7 Å². The van der Waals surface area contributed by atoms with Crippen LogP contribution in [0.1, 0.15) is 44.7 Å². The second-order valence-electron chi connectivity index (χ2n) is 7.25. The maximum atomic E-state index is 12.1. The van der Waals surface area contributed by atoms with E-state index in [1.807, 2.05) is 26.8 Å². The molecule has 24 heavy (non-hydrogen) atoms. The molecule has 6 heteroatoms. The average molecular weight is 394 g/mol. The monoisotopic (exact) mass is 393 g/mol. The number of amides is 1. The SMILES string of the molecule is CC(C)(C)OC(=O)N1CCC(Cc2cc(Br)cc(C#N)c2N)CC1. The minimum atomic E-state index is -0.466. The number of anilines is 1. The summed E-state index contributed by atoms with van der Waals surface area (Å²) in [5.74, 6) is 0.451. The minimum absolute atomic E-state index is 0.241. The smallest absolute Gasteiger partial charge is 0.410 e. The fourth-order valence-electron chi connectivity index (χ4n) is 2.89. The lowest BCUT2D eigenvalue weighted by atomic mass is 9.89. The van der Waals surface area contributed by atoms with Crippen molar-refractivity contribution in [2.24, 2.45) is 5.92 Å². The van der Waals surface area contributed by atoms with Gasteiger partial charge in [0.25, 0.3) is 0 Å². The third-order valence-electron chi connectivity index (χ3n) is 4.13. The number of benzene rings is 1. The molecule has 0 saturated carbocycles. The zero-order chi connectivity index (χ0) is 17.9. The molecule has 0 unspecified atom stereocenters. The molecule has 0 radical (unpaired) electrons. The maximum absolute atomic E-state index is 12.1. The van der Waals surface area contributed by atoms with Gasteiger partial charge in [0.15, 0.2) is 0 Å². The highest BCUT2D eigenvalue weighted by Crippen LogP contribution is 2.29. The number of hydrogen-bond donors (Lipinski definition) is 1. The number of carbonyl (C=O) groups excluding carboxylic acids is 1. The molecule has 0 bridgehead atoms. The first-order valence-corrected chi connectivity index (χ1v) is 8.95. The lowest BCUT2D eigenvalue weighted by Gasteiger charge is -2.33. The molecule has 2 N–H and O–H groups in total. The van der Waals surface area contributed by atoms with Crippen molar-refractivity contribution >= 4 is 27.7 Å². The number of nitrogen functional groups attached to an aromatic ring is 1. The van der Waals surface area contributed by atoms with E-state index in [9.17, 15) is 4.79 Å². The molecule has 2 rings (SSSR count). The van der Waals surface area contributed by atoms with Crippen LogP contribution in [-0.4, -0.2) is 29.7 Å². The van der Waals surface area contributed by atoms with E-state index in [4.69, 9.17) is 15.7 Å². The Bertz CT molecular complexity index is 653. The van der Waals surface area contributed by atoms with Crippen molar-refractivity contribution in [1.29, 1.82) is 5.26 Å². The van der Waals surface area contributed by atoms with Gasteiger partial charge >= 0.3 is 6.09 Å². The van der Waals surface area contributed by atoms with Crippen LogP contribution in [0.4, 0.5) is 10.5 Å². The number of hydrogen-bond acceptors (Lipinski definition) is 4. The highest BCUT2D eigenvalue weighted by atomic mass is 79.9. The molecule has 1 aliphatic rings. The molecule has 0 aliphatic carbocycles. The van der Waals surface area contributed by atoms with Crippen molar-refractivity contribution < 1.29 is 9.53 Å². The number of nitrogens with zero attached hydrogens (tertiary/aromatic N) is 2. The highest BCUT2D eigenvalue weighted by molar-refractivity contribution is 9.10. The van der Waals surface area contributed by atoms with E-state index in [1.165, 1.54) is 0 Å². The summed E-state index contributed by atoms with van der Waals surface area (Å²) in [6.07, 6.45) is 2.40. The van der Waals surface area contributed by atoms with Gasteiger partial charge in [0.2, 0.25) is 0 Å². The predicted octanol–water partition coefficient (Wildman–Crippen LogP) is 4.09. The van der Waals surface area contributed by atoms with Gasteiger partial charge in [0.1, 0.15) is 11.7 Å². The van der Waals surface area contributed by atoms with E-state index in [1.54, 1.807) is 11.0 Å². The molecule has 1 aromatic rings. The third kappa shape index (κ3) is 4.88. The van der Waals surface area contributed by atoms with Crippen LogP contribution in [0.5, 0.6) is 0 Å². The fourth-order valence-corrected chi connectivity index (χ4v) is 3.40. The summed E-state index contributed by atoms with van der Waals surface area (Å²) in [5, 5.41) is 9.15. The Labute approximate surface area is 151 Å². The molecule has 1 saturated heterocycles. The van der Waals surface area contributed by atoms with Crippen molar-refractivity contribution in [2.75, 3.05) is 18.8 Å². The number of nitrogens with two attached hydrogens (primary N) is 1. The summed E-state index contributed by atoms with van der Waals surface area (Å²) >= 11 is 3.43. The second kappa shape index (κ2) is 7.43. The minimum Gasteiger partial charge on any atom is -0.444 e. The lowest BCUT2D eigenvalue weighted by Crippen LogP contribution is -2.42. The number of carbonyl (C=O) groups is 1. The lowest BCUT2D eigenvalue weighted by molar-refractivity contribution is 0.0184. The molecular formula is C18H24BrN3O2. The van der Waals surface area contributed by atoms with Crippen LogP contribution in [0.25, 0.3) is 0 Å². The second-order valence-corrected chi connectivity index (χ2v) is 8.17. The van der Waals surface area contributed by atoms with Gasteiger partial charge in [0, 0.05) is 17.6 Å². The number of ether oxygens (including phenoxy) is 1. The number of nitriles is 1. The molecule has 0 spiro atoms. The third-order valence-corrected chi connectivity index (χ3v) is 4.58. The normalized spacial score (nSPS) is 15.9. The Morgan fingerprint density at radius 2 is 2.04 bits per heavy atom. The van der Waals surface area contributed by atoms with Crippen molar-refractivity contribution in [1.82, 2.24) is 4.90 Å². The molecular weight excluding hydrogens is 370 g/mol. The zero-order valence-electron chi connectivity index (χ0n) is 14.4. The largest absolute Gasteiger partial charge is 0.444 e. The van der Waals surface area contributed by atoms with Crippen LogP contribution in [0.2, 0.25) is 0 Å². The molecule has 1 aromatic carbocycles. The van der Waals surface area contributed by atoms with Crippen LogP contribution in [0.3, 0.4) is 0 Å². The summed E-state index contributed by atoms with van der Waals surface area (Å²) in [7, 11) is 0. The molecule has 1 fully saturated rings. The quantitative estimate of drug-likeness (QED) is 0.767. The van der Waals surface area contributed by atoms with Crippen LogP contribution in [0, 0.1) is 17.2 Å². The summed E-state index contributed by atoms with van der Waals surface area (Å²) in [6, 6.07) is 5.86. The Morgan fingerprint density at radius 3 is 2.58 bits per heavy atom. The van der Waals surface area contributed by atoms with Gasteiger partial charge in [-0.3, -0.25) is 0 Å². The molecule has 1 heterocycles. The predicted molar refractivity (Wildman–Crippen MR) is 97.5 cm³/mol. The number of piperidine rings is 1. The standard InChI is InChI=1S/C18H24BrN3O2/c1-18(2,3)24-17(23)22-6-4-12(5-7-22)8-13-9-15(19)10-14(11-20)16(13)21/h9-10,12H,4-8,21H2,1-3H3. The molecule has 5 nitrogen and oxygen atoms in total. The molecule has 0 atom stereocenters.